The van der Waals surface area contributed by atoms with Crippen LogP contribution in [0, 0.1) is 13.8 Å². The Morgan fingerprint density at radius 1 is 1.11 bits per heavy atom. The van der Waals surface area contributed by atoms with Crippen LogP contribution in [0.1, 0.15) is 16.9 Å². The van der Waals surface area contributed by atoms with Crippen molar-refractivity contribution >= 4 is 57.6 Å². The monoisotopic (exact) mass is 425 g/mol. The predicted molar refractivity (Wildman–Crippen MR) is 121 cm³/mol. The van der Waals surface area contributed by atoms with Crippen LogP contribution in [0.4, 0.5) is 5.69 Å². The highest BCUT2D eigenvalue weighted by molar-refractivity contribution is 8.27. The van der Waals surface area contributed by atoms with Crippen LogP contribution >= 0.6 is 35.6 Å². The van der Waals surface area contributed by atoms with Gasteiger partial charge in [0.1, 0.15) is 11.5 Å². The number of hydrogen-bond donors (Lipinski definition) is 0. The van der Waals surface area contributed by atoms with Crippen molar-refractivity contribution < 1.29 is 9.21 Å². The Hall–Kier alpha value is -2.34. The van der Waals surface area contributed by atoms with Gasteiger partial charge in [-0.25, -0.2) is 0 Å². The standard InChI is InChI=1S/C22H16ClNO2S2/c1-13-7-8-14(2)18(11-13)24-21(25)20(28-22(24)27)12-15-9-10-19(26-15)16-5-3-4-6-17(16)23/h3-12H,1-2H3/b20-12+. The van der Waals surface area contributed by atoms with Crippen LogP contribution in [0.25, 0.3) is 17.4 Å². The van der Waals surface area contributed by atoms with Crippen molar-refractivity contribution in [3.8, 4) is 11.3 Å². The van der Waals surface area contributed by atoms with E-state index in [0.717, 1.165) is 22.4 Å². The summed E-state index contributed by atoms with van der Waals surface area (Å²) in [5, 5.41) is 0.615. The topological polar surface area (TPSA) is 33.5 Å². The third-order valence-electron chi connectivity index (χ3n) is 4.44. The van der Waals surface area contributed by atoms with E-state index in [4.69, 9.17) is 28.2 Å². The lowest BCUT2D eigenvalue weighted by molar-refractivity contribution is -0.113. The average molecular weight is 426 g/mol. The second-order valence-electron chi connectivity index (χ2n) is 6.49. The number of amides is 1. The van der Waals surface area contributed by atoms with Gasteiger partial charge >= 0.3 is 0 Å². The summed E-state index contributed by atoms with van der Waals surface area (Å²) in [5.74, 6) is 1.10. The van der Waals surface area contributed by atoms with E-state index in [0.29, 0.717) is 25.8 Å². The smallest absolute Gasteiger partial charge is 0.270 e. The van der Waals surface area contributed by atoms with E-state index in [9.17, 15) is 4.79 Å². The number of aryl methyl sites for hydroxylation is 2. The molecule has 2 heterocycles. The van der Waals surface area contributed by atoms with Gasteiger partial charge in [-0.2, -0.15) is 0 Å². The van der Waals surface area contributed by atoms with Gasteiger partial charge < -0.3 is 4.42 Å². The minimum Gasteiger partial charge on any atom is -0.457 e. The molecule has 0 bridgehead atoms. The SMILES string of the molecule is Cc1ccc(C)c(N2C(=O)/C(=C\c3ccc(-c4ccccc4Cl)o3)SC2=S)c1. The molecule has 1 aromatic heterocycles. The van der Waals surface area contributed by atoms with E-state index in [2.05, 4.69) is 0 Å². The number of thioether (sulfide) groups is 1. The molecule has 0 atom stereocenters. The van der Waals surface area contributed by atoms with Crippen molar-refractivity contribution in [2.24, 2.45) is 0 Å². The van der Waals surface area contributed by atoms with Crippen LogP contribution in [0.15, 0.2) is 63.9 Å². The Bertz CT molecular complexity index is 1130. The van der Waals surface area contributed by atoms with Crippen LogP contribution in [-0.2, 0) is 4.79 Å². The third-order valence-corrected chi connectivity index (χ3v) is 6.07. The Balaban J connectivity index is 1.65. The van der Waals surface area contributed by atoms with Gasteiger partial charge in [-0.1, -0.05) is 59.8 Å². The summed E-state index contributed by atoms with van der Waals surface area (Å²) in [6.07, 6.45) is 1.73. The number of anilines is 1. The van der Waals surface area contributed by atoms with E-state index in [-0.39, 0.29) is 5.91 Å². The summed E-state index contributed by atoms with van der Waals surface area (Å²) in [7, 11) is 0. The fourth-order valence-corrected chi connectivity index (χ4v) is 4.49. The fourth-order valence-electron chi connectivity index (χ4n) is 3.00. The van der Waals surface area contributed by atoms with Gasteiger partial charge in [-0.3, -0.25) is 9.69 Å². The van der Waals surface area contributed by atoms with E-state index in [1.165, 1.54) is 11.8 Å². The number of thiocarbonyl (C=S) groups is 1. The number of nitrogens with zero attached hydrogens (tertiary/aromatic N) is 1. The number of carbonyl (C=O) groups excluding carboxylic acids is 1. The number of hydrogen-bond acceptors (Lipinski definition) is 4. The van der Waals surface area contributed by atoms with Crippen molar-refractivity contribution in [3.63, 3.8) is 0 Å². The maximum absolute atomic E-state index is 13.0. The lowest BCUT2D eigenvalue weighted by atomic mass is 10.1. The van der Waals surface area contributed by atoms with Crippen molar-refractivity contribution in [1.82, 2.24) is 0 Å². The molecule has 140 valence electrons. The first-order valence-electron chi connectivity index (χ1n) is 8.64. The van der Waals surface area contributed by atoms with Crippen LogP contribution in [-0.4, -0.2) is 10.2 Å². The van der Waals surface area contributed by atoms with Crippen molar-refractivity contribution in [2.45, 2.75) is 13.8 Å². The first-order valence-corrected chi connectivity index (χ1v) is 10.2. The minimum absolute atomic E-state index is 0.139. The summed E-state index contributed by atoms with van der Waals surface area (Å²) < 4.78 is 6.41. The molecule has 0 spiro atoms. The van der Waals surface area contributed by atoms with Gasteiger partial charge in [-0.15, -0.1) is 0 Å². The molecule has 1 amide bonds. The maximum atomic E-state index is 13.0. The third kappa shape index (κ3) is 3.53. The molecular weight excluding hydrogens is 410 g/mol. The lowest BCUT2D eigenvalue weighted by Gasteiger charge is -2.17. The van der Waals surface area contributed by atoms with Crippen molar-refractivity contribution in [1.29, 1.82) is 0 Å². The summed E-state index contributed by atoms with van der Waals surface area (Å²) in [6.45, 7) is 3.97. The molecule has 0 saturated carbocycles. The molecule has 0 N–H and O–H groups in total. The molecule has 2 aromatic carbocycles. The molecule has 1 saturated heterocycles. The number of rotatable bonds is 3. The normalized spacial score (nSPS) is 15.7. The van der Waals surface area contributed by atoms with Gasteiger partial charge in [0.2, 0.25) is 0 Å². The lowest BCUT2D eigenvalue weighted by Crippen LogP contribution is -2.28. The van der Waals surface area contributed by atoms with Crippen molar-refractivity contribution in [3.05, 3.63) is 81.4 Å². The van der Waals surface area contributed by atoms with Gasteiger partial charge in [0.15, 0.2) is 4.32 Å². The van der Waals surface area contributed by atoms with E-state index in [1.807, 2.05) is 68.4 Å². The van der Waals surface area contributed by atoms with Crippen LogP contribution in [0.5, 0.6) is 0 Å². The van der Waals surface area contributed by atoms with Gasteiger partial charge in [0.25, 0.3) is 5.91 Å². The molecule has 3 nitrogen and oxygen atoms in total. The van der Waals surface area contributed by atoms with Crippen LogP contribution in [0.3, 0.4) is 0 Å². The molecule has 0 aliphatic carbocycles. The maximum Gasteiger partial charge on any atom is 0.270 e. The largest absolute Gasteiger partial charge is 0.457 e. The second kappa shape index (κ2) is 7.59. The number of carbonyl (C=O) groups is 1. The Morgan fingerprint density at radius 2 is 1.89 bits per heavy atom. The molecule has 1 aliphatic heterocycles. The molecule has 1 fully saturated rings. The van der Waals surface area contributed by atoms with E-state index >= 15 is 0 Å². The summed E-state index contributed by atoms with van der Waals surface area (Å²) in [6, 6.07) is 17.1. The summed E-state index contributed by atoms with van der Waals surface area (Å²) in [5.41, 5.74) is 3.71. The highest BCUT2D eigenvalue weighted by Gasteiger charge is 2.34. The fraction of sp³-hybridized carbons (Fsp3) is 0.0909. The molecule has 28 heavy (non-hydrogen) atoms. The highest BCUT2D eigenvalue weighted by atomic mass is 35.5. The van der Waals surface area contributed by atoms with E-state index < -0.39 is 0 Å². The average Bonchev–Trinajstić information content (AvgIpc) is 3.23. The van der Waals surface area contributed by atoms with Gasteiger partial charge in [0, 0.05) is 11.6 Å². The molecule has 6 heteroatoms. The predicted octanol–water partition coefficient (Wildman–Crippen LogP) is 6.62. The molecular formula is C22H16ClNO2S2. The van der Waals surface area contributed by atoms with Gasteiger partial charge in [-0.05, 0) is 55.3 Å². The Morgan fingerprint density at radius 3 is 2.68 bits per heavy atom. The minimum atomic E-state index is -0.139. The quantitative estimate of drug-likeness (QED) is 0.348. The van der Waals surface area contributed by atoms with Crippen LogP contribution in [0.2, 0.25) is 5.02 Å². The molecule has 0 radical (unpaired) electrons. The summed E-state index contributed by atoms with van der Waals surface area (Å²) >= 11 is 13.0. The zero-order valence-corrected chi connectivity index (χ0v) is 17.6. The second-order valence-corrected chi connectivity index (χ2v) is 8.57. The first-order chi connectivity index (χ1) is 13.4. The van der Waals surface area contributed by atoms with E-state index in [1.54, 1.807) is 11.0 Å². The first kappa shape index (κ1) is 19.0. The highest BCUT2D eigenvalue weighted by Crippen LogP contribution is 2.38. The van der Waals surface area contributed by atoms with Gasteiger partial charge in [0.05, 0.1) is 15.6 Å². The molecule has 3 aromatic rings. The van der Waals surface area contributed by atoms with Crippen molar-refractivity contribution in [2.75, 3.05) is 4.90 Å². The number of benzene rings is 2. The molecule has 1 aliphatic rings. The Kier molecular flexibility index (Phi) is 5.15. The zero-order valence-electron chi connectivity index (χ0n) is 15.2. The molecule has 4 rings (SSSR count). The zero-order chi connectivity index (χ0) is 19.8. The number of halogens is 1. The molecule has 0 unspecified atom stereocenters. The summed E-state index contributed by atoms with van der Waals surface area (Å²) in [4.78, 5) is 15.1. The Labute approximate surface area is 178 Å². The number of furan rings is 1. The van der Waals surface area contributed by atoms with Crippen LogP contribution < -0.4 is 4.90 Å².